The van der Waals surface area contributed by atoms with Gasteiger partial charge < -0.3 is 5.32 Å². The van der Waals surface area contributed by atoms with Gasteiger partial charge in [-0.05, 0) is 12.5 Å². The van der Waals surface area contributed by atoms with Crippen LogP contribution in [0, 0.1) is 5.92 Å². The van der Waals surface area contributed by atoms with E-state index >= 15 is 0 Å². The number of nitrogens with zero attached hydrogens (tertiary/aromatic N) is 1. The first-order valence-corrected chi connectivity index (χ1v) is 5.06. The lowest BCUT2D eigenvalue weighted by Gasteiger charge is -2.23. The number of hydroxylamine groups is 2. The van der Waals surface area contributed by atoms with E-state index in [1.54, 1.807) is 7.05 Å². The summed E-state index contributed by atoms with van der Waals surface area (Å²) in [5.41, 5.74) is 0. The van der Waals surface area contributed by atoms with Gasteiger partial charge in [-0.1, -0.05) is 20.8 Å². The largest absolute Gasteiger partial charge is 0.313 e. The van der Waals surface area contributed by atoms with Crippen molar-refractivity contribution >= 4 is 5.91 Å². The lowest BCUT2D eigenvalue weighted by molar-refractivity contribution is -0.169. The summed E-state index contributed by atoms with van der Waals surface area (Å²) in [5.74, 6) is 0.455. The fourth-order valence-corrected chi connectivity index (χ4v) is 1.22. The van der Waals surface area contributed by atoms with Crippen LogP contribution in [-0.2, 0) is 9.63 Å². The molecule has 14 heavy (non-hydrogen) atoms. The van der Waals surface area contributed by atoms with Gasteiger partial charge in [-0.2, -0.15) is 0 Å². The van der Waals surface area contributed by atoms with E-state index in [4.69, 9.17) is 4.84 Å². The van der Waals surface area contributed by atoms with Gasteiger partial charge in [-0.25, -0.2) is 5.06 Å². The van der Waals surface area contributed by atoms with Crippen LogP contribution in [0.15, 0.2) is 0 Å². The molecule has 1 unspecified atom stereocenters. The van der Waals surface area contributed by atoms with E-state index in [1.807, 2.05) is 6.92 Å². The third-order valence-corrected chi connectivity index (χ3v) is 2.29. The third kappa shape index (κ3) is 4.58. The second-order valence-electron chi connectivity index (χ2n) is 3.69. The van der Waals surface area contributed by atoms with E-state index in [9.17, 15) is 4.79 Å². The van der Waals surface area contributed by atoms with E-state index in [1.165, 1.54) is 12.2 Å². The molecule has 1 amide bonds. The Morgan fingerprint density at radius 1 is 1.50 bits per heavy atom. The quantitative estimate of drug-likeness (QED) is 0.654. The minimum absolute atomic E-state index is 0.00662. The maximum atomic E-state index is 11.5. The summed E-state index contributed by atoms with van der Waals surface area (Å²) < 4.78 is 0. The monoisotopic (exact) mass is 202 g/mol. The molecular weight excluding hydrogens is 180 g/mol. The van der Waals surface area contributed by atoms with Crippen molar-refractivity contribution < 1.29 is 9.63 Å². The highest BCUT2D eigenvalue weighted by Crippen LogP contribution is 2.07. The maximum Gasteiger partial charge on any atom is 0.247 e. The minimum atomic E-state index is 0.00662. The van der Waals surface area contributed by atoms with Gasteiger partial charge in [0.25, 0.3) is 0 Å². The maximum absolute atomic E-state index is 11.5. The van der Waals surface area contributed by atoms with Crippen molar-refractivity contribution in [2.24, 2.45) is 5.92 Å². The van der Waals surface area contributed by atoms with Crippen molar-refractivity contribution in [1.82, 2.24) is 10.4 Å². The molecule has 1 atom stereocenters. The lowest BCUT2D eigenvalue weighted by Crippen LogP contribution is -2.39. The van der Waals surface area contributed by atoms with Crippen molar-refractivity contribution in [3.05, 3.63) is 0 Å². The SMILES string of the molecule is CCNC(CC(=O)N(C)OC)C(C)C. The van der Waals surface area contributed by atoms with E-state index < -0.39 is 0 Å². The summed E-state index contributed by atoms with van der Waals surface area (Å²) in [6.45, 7) is 7.13. The van der Waals surface area contributed by atoms with Gasteiger partial charge in [-0.3, -0.25) is 9.63 Å². The first-order chi connectivity index (χ1) is 6.52. The number of carbonyl (C=O) groups is 1. The number of carbonyl (C=O) groups excluding carboxylic acids is 1. The molecule has 0 rings (SSSR count). The molecule has 1 N–H and O–H groups in total. The molecule has 0 aromatic rings. The average Bonchev–Trinajstić information content (AvgIpc) is 2.15. The Labute approximate surface area is 86.6 Å². The van der Waals surface area contributed by atoms with Crippen LogP contribution >= 0.6 is 0 Å². The van der Waals surface area contributed by atoms with Gasteiger partial charge in [0.2, 0.25) is 5.91 Å². The molecular formula is C10H22N2O2. The van der Waals surface area contributed by atoms with Gasteiger partial charge in [0, 0.05) is 19.5 Å². The highest BCUT2D eigenvalue weighted by Gasteiger charge is 2.18. The Kier molecular flexibility index (Phi) is 6.49. The first kappa shape index (κ1) is 13.4. The molecule has 0 radical (unpaired) electrons. The van der Waals surface area contributed by atoms with Crippen molar-refractivity contribution in [1.29, 1.82) is 0 Å². The van der Waals surface area contributed by atoms with Crippen molar-refractivity contribution in [3.8, 4) is 0 Å². The first-order valence-electron chi connectivity index (χ1n) is 5.06. The molecule has 0 aromatic carbocycles. The number of amides is 1. The Hall–Kier alpha value is -0.610. The molecule has 0 spiro atoms. The predicted octanol–water partition coefficient (Wildman–Crippen LogP) is 1.03. The molecule has 0 aliphatic heterocycles. The Bertz CT molecular complexity index is 172. The average molecular weight is 202 g/mol. The fourth-order valence-electron chi connectivity index (χ4n) is 1.22. The molecule has 0 aliphatic carbocycles. The van der Waals surface area contributed by atoms with E-state index in [2.05, 4.69) is 19.2 Å². The van der Waals surface area contributed by atoms with E-state index in [-0.39, 0.29) is 11.9 Å². The predicted molar refractivity (Wildman–Crippen MR) is 56.7 cm³/mol. The molecule has 0 fully saturated rings. The zero-order valence-corrected chi connectivity index (χ0v) is 9.83. The fraction of sp³-hybridized carbons (Fsp3) is 0.900. The van der Waals surface area contributed by atoms with Crippen LogP contribution < -0.4 is 5.32 Å². The second-order valence-corrected chi connectivity index (χ2v) is 3.69. The van der Waals surface area contributed by atoms with Crippen molar-refractivity contribution in [3.63, 3.8) is 0 Å². The second kappa shape index (κ2) is 6.79. The molecule has 0 heterocycles. The van der Waals surface area contributed by atoms with Crippen LogP contribution in [0.2, 0.25) is 0 Å². The minimum Gasteiger partial charge on any atom is -0.313 e. The smallest absolute Gasteiger partial charge is 0.247 e. The van der Waals surface area contributed by atoms with Gasteiger partial charge >= 0.3 is 0 Å². The molecule has 4 heteroatoms. The summed E-state index contributed by atoms with van der Waals surface area (Å²) in [7, 11) is 3.13. The topological polar surface area (TPSA) is 41.6 Å². The highest BCUT2D eigenvalue weighted by atomic mass is 16.7. The molecule has 0 saturated carbocycles. The van der Waals surface area contributed by atoms with Gasteiger partial charge in [0.1, 0.15) is 0 Å². The standard InChI is InChI=1S/C10H22N2O2/c1-6-11-9(8(2)3)7-10(13)12(4)14-5/h8-9,11H,6-7H2,1-5H3. The lowest BCUT2D eigenvalue weighted by atomic mass is 10.0. The normalized spacial score (nSPS) is 13.0. The Balaban J connectivity index is 4.08. The molecule has 84 valence electrons. The third-order valence-electron chi connectivity index (χ3n) is 2.29. The van der Waals surface area contributed by atoms with Crippen LogP contribution in [0.4, 0.5) is 0 Å². The molecule has 4 nitrogen and oxygen atoms in total. The molecule has 0 bridgehead atoms. The van der Waals surface area contributed by atoms with Crippen LogP contribution in [0.1, 0.15) is 27.2 Å². The zero-order chi connectivity index (χ0) is 11.1. The zero-order valence-electron chi connectivity index (χ0n) is 9.83. The molecule has 0 aliphatic rings. The number of nitrogens with one attached hydrogen (secondary N) is 1. The van der Waals surface area contributed by atoms with Gasteiger partial charge in [0.15, 0.2) is 0 Å². The van der Waals surface area contributed by atoms with Crippen LogP contribution in [0.3, 0.4) is 0 Å². The molecule has 0 saturated heterocycles. The van der Waals surface area contributed by atoms with Gasteiger partial charge in [0.05, 0.1) is 7.11 Å². The Morgan fingerprint density at radius 3 is 2.43 bits per heavy atom. The van der Waals surface area contributed by atoms with Crippen LogP contribution in [0.25, 0.3) is 0 Å². The summed E-state index contributed by atoms with van der Waals surface area (Å²) in [6, 6.07) is 0.227. The number of hydrogen-bond donors (Lipinski definition) is 1. The number of hydrogen-bond acceptors (Lipinski definition) is 3. The van der Waals surface area contributed by atoms with Crippen LogP contribution in [-0.4, -0.2) is 37.7 Å². The van der Waals surface area contributed by atoms with Crippen molar-refractivity contribution in [2.45, 2.75) is 33.2 Å². The van der Waals surface area contributed by atoms with Gasteiger partial charge in [-0.15, -0.1) is 0 Å². The summed E-state index contributed by atoms with van der Waals surface area (Å²) in [5, 5.41) is 4.56. The summed E-state index contributed by atoms with van der Waals surface area (Å²) in [4.78, 5) is 16.4. The van der Waals surface area contributed by atoms with Crippen LogP contribution in [0.5, 0.6) is 0 Å². The summed E-state index contributed by atoms with van der Waals surface area (Å²) >= 11 is 0. The highest BCUT2D eigenvalue weighted by molar-refractivity contribution is 5.75. The van der Waals surface area contributed by atoms with E-state index in [0.29, 0.717) is 12.3 Å². The molecule has 0 aromatic heterocycles. The van der Waals surface area contributed by atoms with E-state index in [0.717, 1.165) is 6.54 Å². The summed E-state index contributed by atoms with van der Waals surface area (Å²) in [6.07, 6.45) is 0.482. The Morgan fingerprint density at radius 2 is 2.07 bits per heavy atom. The van der Waals surface area contributed by atoms with Crippen molar-refractivity contribution in [2.75, 3.05) is 20.7 Å². The number of rotatable bonds is 6.